The molecule has 0 atom stereocenters. The highest BCUT2D eigenvalue weighted by molar-refractivity contribution is 6.32. The quantitative estimate of drug-likeness (QED) is 0.611. The van der Waals surface area contributed by atoms with Crippen LogP contribution < -0.4 is 5.32 Å². The van der Waals surface area contributed by atoms with E-state index < -0.39 is 0 Å². The summed E-state index contributed by atoms with van der Waals surface area (Å²) in [5, 5.41) is 3.57. The van der Waals surface area contributed by atoms with Crippen molar-refractivity contribution in [1.29, 1.82) is 0 Å². The Labute approximate surface area is 99.2 Å². The number of esters is 1. The van der Waals surface area contributed by atoms with Crippen molar-refractivity contribution in [1.82, 2.24) is 9.97 Å². The molecule has 1 rings (SSSR count). The number of carbonyl (C=O) groups is 1. The van der Waals surface area contributed by atoms with Crippen LogP contribution >= 0.6 is 11.6 Å². The van der Waals surface area contributed by atoms with Gasteiger partial charge in [0.1, 0.15) is 17.2 Å². The molecule has 0 aliphatic rings. The molecule has 0 aliphatic heterocycles. The number of unbranched alkanes of at least 4 members (excludes halogenated alkanes) is 1. The number of hydrogen-bond donors (Lipinski definition) is 1. The van der Waals surface area contributed by atoms with Crippen molar-refractivity contribution >= 4 is 23.4 Å². The smallest absolute Gasteiger partial charge is 0.305 e. The van der Waals surface area contributed by atoms with Gasteiger partial charge in [-0.1, -0.05) is 11.6 Å². The molecule has 0 spiro atoms. The van der Waals surface area contributed by atoms with Crippen LogP contribution in [-0.2, 0) is 9.53 Å². The van der Waals surface area contributed by atoms with Gasteiger partial charge in [0.05, 0.1) is 13.3 Å². The monoisotopic (exact) mass is 243 g/mol. The van der Waals surface area contributed by atoms with E-state index in [2.05, 4.69) is 20.0 Å². The van der Waals surface area contributed by atoms with E-state index >= 15 is 0 Å². The van der Waals surface area contributed by atoms with E-state index in [9.17, 15) is 4.79 Å². The van der Waals surface area contributed by atoms with Crippen LogP contribution in [0.4, 0.5) is 5.82 Å². The molecule has 16 heavy (non-hydrogen) atoms. The van der Waals surface area contributed by atoms with E-state index in [-0.39, 0.29) is 5.97 Å². The number of ether oxygens (including phenoxy) is 1. The third-order valence-corrected chi connectivity index (χ3v) is 2.27. The molecule has 5 nitrogen and oxygen atoms in total. The van der Waals surface area contributed by atoms with Crippen LogP contribution in [-0.4, -0.2) is 29.6 Å². The van der Waals surface area contributed by atoms with Crippen molar-refractivity contribution in [3.8, 4) is 0 Å². The van der Waals surface area contributed by atoms with Crippen LogP contribution in [0.1, 0.15) is 19.3 Å². The summed E-state index contributed by atoms with van der Waals surface area (Å²) in [7, 11) is 1.39. The van der Waals surface area contributed by atoms with Crippen LogP contribution in [0.25, 0.3) is 0 Å². The summed E-state index contributed by atoms with van der Waals surface area (Å²) in [6, 6.07) is 0. The molecule has 0 unspecified atom stereocenters. The number of nitrogens with one attached hydrogen (secondary N) is 1. The number of anilines is 1. The molecule has 0 amide bonds. The molecule has 0 fully saturated rings. The summed E-state index contributed by atoms with van der Waals surface area (Å²) in [6.45, 7) is 0.716. The van der Waals surface area contributed by atoms with Crippen molar-refractivity contribution in [2.24, 2.45) is 0 Å². The van der Waals surface area contributed by atoms with Gasteiger partial charge in [0.25, 0.3) is 0 Å². The second-order valence-electron chi connectivity index (χ2n) is 3.18. The molecule has 1 aromatic heterocycles. The molecule has 0 aliphatic carbocycles. The zero-order valence-electron chi connectivity index (χ0n) is 9.07. The predicted octanol–water partition coefficient (Wildman–Crippen LogP) is 1.89. The topological polar surface area (TPSA) is 64.1 Å². The lowest BCUT2D eigenvalue weighted by molar-refractivity contribution is -0.140. The van der Waals surface area contributed by atoms with Crippen molar-refractivity contribution in [3.05, 3.63) is 17.5 Å². The molecular weight excluding hydrogens is 230 g/mol. The van der Waals surface area contributed by atoms with E-state index in [0.29, 0.717) is 23.8 Å². The van der Waals surface area contributed by atoms with Crippen molar-refractivity contribution < 1.29 is 9.53 Å². The van der Waals surface area contributed by atoms with Crippen LogP contribution in [0.15, 0.2) is 12.5 Å². The average Bonchev–Trinajstić information content (AvgIpc) is 2.30. The van der Waals surface area contributed by atoms with Gasteiger partial charge in [0.15, 0.2) is 0 Å². The molecule has 0 aromatic carbocycles. The fourth-order valence-corrected chi connectivity index (χ4v) is 1.32. The standard InChI is InChI=1S/C10H14ClN3O2/c1-16-9(15)4-2-3-5-13-10-8(11)6-12-7-14-10/h6-7H,2-5H2,1H3,(H,12,13,14). The number of hydrogen-bond acceptors (Lipinski definition) is 5. The summed E-state index contributed by atoms with van der Waals surface area (Å²) in [4.78, 5) is 18.6. The predicted molar refractivity (Wildman–Crippen MR) is 61.4 cm³/mol. The first-order chi connectivity index (χ1) is 7.74. The number of nitrogens with zero attached hydrogens (tertiary/aromatic N) is 2. The zero-order valence-corrected chi connectivity index (χ0v) is 9.83. The van der Waals surface area contributed by atoms with E-state index in [1.54, 1.807) is 0 Å². The Balaban J connectivity index is 2.17. The number of aromatic nitrogens is 2. The average molecular weight is 244 g/mol. The molecule has 88 valence electrons. The Morgan fingerprint density at radius 3 is 3.06 bits per heavy atom. The van der Waals surface area contributed by atoms with E-state index in [1.807, 2.05) is 0 Å². The largest absolute Gasteiger partial charge is 0.469 e. The Morgan fingerprint density at radius 1 is 1.56 bits per heavy atom. The maximum Gasteiger partial charge on any atom is 0.305 e. The molecule has 0 radical (unpaired) electrons. The summed E-state index contributed by atoms with van der Waals surface area (Å²) in [6.07, 6.45) is 5.04. The van der Waals surface area contributed by atoms with Crippen LogP contribution in [0.5, 0.6) is 0 Å². The van der Waals surface area contributed by atoms with Crippen LogP contribution in [0, 0.1) is 0 Å². The van der Waals surface area contributed by atoms with Gasteiger partial charge in [-0.3, -0.25) is 4.79 Å². The van der Waals surface area contributed by atoms with Gasteiger partial charge in [0.2, 0.25) is 0 Å². The van der Waals surface area contributed by atoms with E-state index in [0.717, 1.165) is 12.8 Å². The Bertz CT molecular complexity index is 347. The van der Waals surface area contributed by atoms with Gasteiger partial charge in [-0.25, -0.2) is 9.97 Å². The lowest BCUT2D eigenvalue weighted by atomic mass is 10.2. The van der Waals surface area contributed by atoms with Gasteiger partial charge in [-0.15, -0.1) is 0 Å². The molecule has 0 saturated carbocycles. The fourth-order valence-electron chi connectivity index (χ4n) is 1.15. The van der Waals surface area contributed by atoms with Gasteiger partial charge in [-0.2, -0.15) is 0 Å². The fraction of sp³-hybridized carbons (Fsp3) is 0.500. The highest BCUT2D eigenvalue weighted by atomic mass is 35.5. The number of carbonyl (C=O) groups excluding carboxylic acids is 1. The van der Waals surface area contributed by atoms with E-state index in [1.165, 1.54) is 19.6 Å². The Hall–Kier alpha value is -1.36. The second-order valence-corrected chi connectivity index (χ2v) is 3.59. The summed E-state index contributed by atoms with van der Waals surface area (Å²) >= 11 is 5.85. The minimum atomic E-state index is -0.180. The van der Waals surface area contributed by atoms with Crippen molar-refractivity contribution in [2.75, 3.05) is 19.0 Å². The van der Waals surface area contributed by atoms with Crippen molar-refractivity contribution in [3.63, 3.8) is 0 Å². The lowest BCUT2D eigenvalue weighted by Crippen LogP contribution is -2.06. The zero-order chi connectivity index (χ0) is 11.8. The number of rotatable bonds is 6. The van der Waals surface area contributed by atoms with Gasteiger partial charge in [0, 0.05) is 13.0 Å². The van der Waals surface area contributed by atoms with Crippen LogP contribution in [0.2, 0.25) is 5.02 Å². The first kappa shape index (κ1) is 12.7. The molecule has 0 saturated heterocycles. The SMILES string of the molecule is COC(=O)CCCCNc1ncncc1Cl. The summed E-state index contributed by atoms with van der Waals surface area (Å²) in [5.41, 5.74) is 0. The highest BCUT2D eigenvalue weighted by Gasteiger charge is 2.01. The lowest BCUT2D eigenvalue weighted by Gasteiger charge is -2.05. The minimum absolute atomic E-state index is 0.180. The Morgan fingerprint density at radius 2 is 2.38 bits per heavy atom. The molecule has 0 bridgehead atoms. The second kappa shape index (κ2) is 7.00. The molecule has 1 N–H and O–H groups in total. The summed E-state index contributed by atoms with van der Waals surface area (Å²) in [5.74, 6) is 0.440. The molecule has 1 heterocycles. The number of halogens is 1. The van der Waals surface area contributed by atoms with Gasteiger partial charge >= 0.3 is 5.97 Å². The third kappa shape index (κ3) is 4.44. The van der Waals surface area contributed by atoms with Gasteiger partial charge < -0.3 is 10.1 Å². The summed E-state index contributed by atoms with van der Waals surface area (Å²) < 4.78 is 4.53. The van der Waals surface area contributed by atoms with Crippen molar-refractivity contribution in [2.45, 2.75) is 19.3 Å². The molecular formula is C10H14ClN3O2. The highest BCUT2D eigenvalue weighted by Crippen LogP contribution is 2.15. The first-order valence-corrected chi connectivity index (χ1v) is 5.38. The minimum Gasteiger partial charge on any atom is -0.469 e. The normalized spacial score (nSPS) is 9.88. The third-order valence-electron chi connectivity index (χ3n) is 2.00. The van der Waals surface area contributed by atoms with Crippen LogP contribution in [0.3, 0.4) is 0 Å². The first-order valence-electron chi connectivity index (χ1n) is 5.00. The number of methoxy groups -OCH3 is 1. The maximum atomic E-state index is 10.8. The Kier molecular flexibility index (Phi) is 5.56. The van der Waals surface area contributed by atoms with Gasteiger partial charge in [-0.05, 0) is 12.8 Å². The molecule has 1 aromatic rings. The molecule has 6 heteroatoms. The van der Waals surface area contributed by atoms with E-state index in [4.69, 9.17) is 11.6 Å². The maximum absolute atomic E-state index is 10.8.